The van der Waals surface area contributed by atoms with Gasteiger partial charge in [0.05, 0.1) is 14.2 Å². The number of phenolic OH excluding ortho intramolecular Hbond substituents is 4. The maximum Gasteiger partial charge on any atom is 0.202 e. The summed E-state index contributed by atoms with van der Waals surface area (Å²) in [6, 6.07) is 6.09. The monoisotopic (exact) mass is 306 g/mol. The summed E-state index contributed by atoms with van der Waals surface area (Å²) in [6.45, 7) is 0. The summed E-state index contributed by atoms with van der Waals surface area (Å²) in [4.78, 5) is 0. The number of ether oxygens (including phenoxy) is 2. The lowest BCUT2D eigenvalue weighted by Crippen LogP contribution is -1.94. The third-order valence-corrected chi connectivity index (χ3v) is 3.35. The van der Waals surface area contributed by atoms with Crippen LogP contribution in [0, 0.1) is 0 Å². The minimum atomic E-state index is -0.300. The molecule has 2 rings (SSSR count). The summed E-state index contributed by atoms with van der Waals surface area (Å²) in [5.74, 6) is -0.601. The lowest BCUT2D eigenvalue weighted by atomic mass is 10.0. The number of phenols is 4. The van der Waals surface area contributed by atoms with Crippen molar-refractivity contribution in [3.63, 3.8) is 0 Å². The second-order valence-electron chi connectivity index (χ2n) is 4.83. The maximum absolute atomic E-state index is 9.75. The normalized spacial score (nSPS) is 10.5. The van der Waals surface area contributed by atoms with Gasteiger partial charge in [-0.25, -0.2) is 0 Å². The molecule has 0 bridgehead atoms. The van der Waals surface area contributed by atoms with Crippen LogP contribution < -0.4 is 9.47 Å². The fraction of sp³-hybridized carbons (Fsp3) is 0.250. The Balaban J connectivity index is 2.18. The first kappa shape index (κ1) is 15.6. The molecule has 0 heterocycles. The largest absolute Gasteiger partial charge is 0.504 e. The number of rotatable bonds is 5. The van der Waals surface area contributed by atoms with Gasteiger partial charge in [-0.05, 0) is 48.2 Å². The van der Waals surface area contributed by atoms with Crippen LogP contribution >= 0.6 is 0 Å². The molecule has 0 aromatic heterocycles. The first-order valence-electron chi connectivity index (χ1n) is 6.64. The number of benzene rings is 2. The lowest BCUT2D eigenvalue weighted by Gasteiger charge is -2.10. The first-order chi connectivity index (χ1) is 10.5. The molecule has 6 heteroatoms. The van der Waals surface area contributed by atoms with Gasteiger partial charge in [0.15, 0.2) is 23.0 Å². The average Bonchev–Trinajstić information content (AvgIpc) is 2.48. The highest BCUT2D eigenvalue weighted by Gasteiger charge is 2.12. The summed E-state index contributed by atoms with van der Waals surface area (Å²) in [5.41, 5.74) is 1.46. The van der Waals surface area contributed by atoms with E-state index in [-0.39, 0.29) is 34.5 Å². The van der Waals surface area contributed by atoms with Gasteiger partial charge in [-0.2, -0.15) is 0 Å². The quantitative estimate of drug-likeness (QED) is 0.633. The van der Waals surface area contributed by atoms with Crippen molar-refractivity contribution < 1.29 is 29.9 Å². The van der Waals surface area contributed by atoms with Crippen molar-refractivity contribution >= 4 is 0 Å². The first-order valence-corrected chi connectivity index (χ1v) is 6.64. The summed E-state index contributed by atoms with van der Waals surface area (Å²) in [5, 5.41) is 38.7. The van der Waals surface area contributed by atoms with E-state index in [2.05, 4.69) is 0 Å². The van der Waals surface area contributed by atoms with Crippen LogP contribution in [0.4, 0.5) is 0 Å². The van der Waals surface area contributed by atoms with Crippen LogP contribution in [-0.2, 0) is 12.8 Å². The predicted octanol–water partition coefficient (Wildman–Crippen LogP) is 2.31. The Morgan fingerprint density at radius 2 is 1.23 bits per heavy atom. The van der Waals surface area contributed by atoms with Gasteiger partial charge in [-0.3, -0.25) is 0 Å². The molecular formula is C16H18O6. The third-order valence-electron chi connectivity index (χ3n) is 3.35. The van der Waals surface area contributed by atoms with Crippen LogP contribution in [0.5, 0.6) is 34.5 Å². The number of aryl methyl sites for hydroxylation is 2. The topological polar surface area (TPSA) is 99.4 Å². The summed E-state index contributed by atoms with van der Waals surface area (Å²) >= 11 is 0. The minimum Gasteiger partial charge on any atom is -0.504 e. The van der Waals surface area contributed by atoms with Crippen molar-refractivity contribution in [2.24, 2.45) is 0 Å². The average molecular weight is 306 g/mol. The molecule has 6 nitrogen and oxygen atoms in total. The van der Waals surface area contributed by atoms with Crippen LogP contribution in [0.15, 0.2) is 24.3 Å². The van der Waals surface area contributed by atoms with Gasteiger partial charge in [0.1, 0.15) is 0 Å². The zero-order valence-electron chi connectivity index (χ0n) is 12.3. The molecule has 0 spiro atoms. The molecule has 0 aliphatic rings. The van der Waals surface area contributed by atoms with E-state index in [1.807, 2.05) is 0 Å². The molecule has 0 fully saturated rings. The van der Waals surface area contributed by atoms with E-state index < -0.39 is 0 Å². The fourth-order valence-corrected chi connectivity index (χ4v) is 2.25. The van der Waals surface area contributed by atoms with Gasteiger partial charge >= 0.3 is 0 Å². The van der Waals surface area contributed by atoms with Crippen LogP contribution in [0.1, 0.15) is 11.1 Å². The van der Waals surface area contributed by atoms with Gasteiger partial charge in [-0.1, -0.05) is 0 Å². The van der Waals surface area contributed by atoms with E-state index in [0.717, 1.165) is 5.56 Å². The van der Waals surface area contributed by atoms with Gasteiger partial charge in [0.25, 0.3) is 0 Å². The molecular weight excluding hydrogens is 288 g/mol. The highest BCUT2D eigenvalue weighted by molar-refractivity contribution is 5.53. The zero-order valence-corrected chi connectivity index (χ0v) is 12.3. The molecule has 0 saturated heterocycles. The number of hydrogen-bond donors (Lipinski definition) is 4. The summed E-state index contributed by atoms with van der Waals surface area (Å²) in [6.07, 6.45) is 1.04. The van der Waals surface area contributed by atoms with Crippen molar-refractivity contribution in [1.82, 2.24) is 0 Å². The Bertz CT molecular complexity index is 658. The predicted molar refractivity (Wildman–Crippen MR) is 80.1 cm³/mol. The second-order valence-corrected chi connectivity index (χ2v) is 4.83. The van der Waals surface area contributed by atoms with E-state index in [4.69, 9.17) is 9.47 Å². The molecule has 118 valence electrons. The molecule has 0 atom stereocenters. The van der Waals surface area contributed by atoms with E-state index in [0.29, 0.717) is 18.4 Å². The number of methoxy groups -OCH3 is 2. The van der Waals surface area contributed by atoms with Gasteiger partial charge < -0.3 is 29.9 Å². The van der Waals surface area contributed by atoms with Crippen molar-refractivity contribution in [2.75, 3.05) is 14.2 Å². The molecule has 0 radical (unpaired) electrons. The lowest BCUT2D eigenvalue weighted by molar-refractivity contribution is 0.344. The SMILES string of the molecule is COc1cc(CCc2cc(O)c(OC)c(O)c2)cc(O)c1O. The number of aromatic hydroxyl groups is 4. The zero-order chi connectivity index (χ0) is 16.3. The summed E-state index contributed by atoms with van der Waals surface area (Å²) < 4.78 is 9.86. The molecule has 22 heavy (non-hydrogen) atoms. The molecule has 4 N–H and O–H groups in total. The van der Waals surface area contributed by atoms with Crippen molar-refractivity contribution in [2.45, 2.75) is 12.8 Å². The molecule has 2 aromatic rings. The minimum absolute atomic E-state index is 0.0349. The Kier molecular flexibility index (Phi) is 4.50. The molecule has 0 saturated carbocycles. The molecule has 0 aliphatic heterocycles. The van der Waals surface area contributed by atoms with Gasteiger partial charge in [0, 0.05) is 0 Å². The third kappa shape index (κ3) is 3.11. The molecule has 2 aromatic carbocycles. The highest BCUT2D eigenvalue weighted by Crippen LogP contribution is 2.38. The fourth-order valence-electron chi connectivity index (χ4n) is 2.25. The molecule has 0 amide bonds. The van der Waals surface area contributed by atoms with Crippen molar-refractivity contribution in [3.05, 3.63) is 35.4 Å². The van der Waals surface area contributed by atoms with Gasteiger partial charge in [-0.15, -0.1) is 0 Å². The Morgan fingerprint density at radius 3 is 1.73 bits per heavy atom. The second kappa shape index (κ2) is 6.34. The van der Waals surface area contributed by atoms with Crippen molar-refractivity contribution in [1.29, 1.82) is 0 Å². The Labute approximate surface area is 127 Å². The van der Waals surface area contributed by atoms with Crippen LogP contribution in [0.3, 0.4) is 0 Å². The van der Waals surface area contributed by atoms with Crippen LogP contribution in [0.2, 0.25) is 0 Å². The summed E-state index contributed by atoms with van der Waals surface area (Å²) in [7, 11) is 2.76. The molecule has 0 unspecified atom stereocenters. The van der Waals surface area contributed by atoms with E-state index in [1.54, 1.807) is 6.07 Å². The van der Waals surface area contributed by atoms with Crippen LogP contribution in [0.25, 0.3) is 0 Å². The number of hydrogen-bond acceptors (Lipinski definition) is 6. The molecule has 0 aliphatic carbocycles. The maximum atomic E-state index is 9.75. The Morgan fingerprint density at radius 1 is 0.727 bits per heavy atom. The Hall–Kier alpha value is -2.76. The van der Waals surface area contributed by atoms with Crippen LogP contribution in [-0.4, -0.2) is 34.6 Å². The van der Waals surface area contributed by atoms with Gasteiger partial charge in [0.2, 0.25) is 11.5 Å². The smallest absolute Gasteiger partial charge is 0.202 e. The standard InChI is InChI=1S/C16H18O6/c1-21-14-8-10(5-11(17)15(14)20)4-3-9-6-12(18)16(22-2)13(19)7-9/h5-8,17-20H,3-4H2,1-2H3. The van der Waals surface area contributed by atoms with E-state index in [9.17, 15) is 20.4 Å². The van der Waals surface area contributed by atoms with Crippen molar-refractivity contribution in [3.8, 4) is 34.5 Å². The highest BCUT2D eigenvalue weighted by atomic mass is 16.5. The van der Waals surface area contributed by atoms with E-state index >= 15 is 0 Å². The van der Waals surface area contributed by atoms with E-state index in [1.165, 1.54) is 32.4 Å².